The van der Waals surface area contributed by atoms with Crippen molar-refractivity contribution in [1.82, 2.24) is 0 Å². The molecule has 0 aliphatic heterocycles. The van der Waals surface area contributed by atoms with Crippen molar-refractivity contribution in [1.29, 1.82) is 0 Å². The van der Waals surface area contributed by atoms with E-state index < -0.39 is 11.9 Å². The molecule has 0 heterocycles. The van der Waals surface area contributed by atoms with E-state index in [1.54, 1.807) is 7.11 Å². The molecule has 0 rings (SSSR count). The molecule has 0 aliphatic carbocycles. The Labute approximate surface area is 111 Å². The van der Waals surface area contributed by atoms with Gasteiger partial charge in [-0.15, -0.1) is 0 Å². The van der Waals surface area contributed by atoms with Crippen LogP contribution in [0.3, 0.4) is 0 Å². The van der Waals surface area contributed by atoms with Crippen molar-refractivity contribution in [2.75, 3.05) is 46.8 Å². The summed E-state index contributed by atoms with van der Waals surface area (Å²) >= 11 is 0. The van der Waals surface area contributed by atoms with E-state index in [4.69, 9.17) is 29.5 Å². The maximum Gasteiger partial charge on any atom is 0.303 e. The first-order chi connectivity index (χ1) is 9.04. The summed E-state index contributed by atoms with van der Waals surface area (Å²) in [6, 6.07) is 0. The summed E-state index contributed by atoms with van der Waals surface area (Å²) in [5, 5.41) is 24.1. The lowest BCUT2D eigenvalue weighted by atomic mass is 10.3. The van der Waals surface area contributed by atoms with Crippen LogP contribution in [0.4, 0.5) is 0 Å². The number of hydrogen-bond acceptors (Lipinski definition) is 6. The smallest absolute Gasteiger partial charge is 0.303 e. The lowest BCUT2D eigenvalue weighted by molar-refractivity contribution is -0.143. The highest BCUT2D eigenvalue weighted by atomic mass is 16.5. The molecule has 0 amide bonds. The monoisotopic (exact) mass is 282 g/mol. The fourth-order valence-corrected chi connectivity index (χ4v) is 0.743. The summed E-state index contributed by atoms with van der Waals surface area (Å²) in [5.74, 6) is -2.15. The third-order valence-electron chi connectivity index (χ3n) is 1.59. The minimum Gasteiger partial charge on any atom is -0.481 e. The van der Waals surface area contributed by atoms with E-state index in [2.05, 4.69) is 0 Å². The number of carboxylic acid groups (broad SMARTS) is 2. The standard InChI is InChI=1S/C7H16O4.C4H6O4/c1-9-4-5-11-7-6-10-3-2-8;5-3(6)1-2-4(7)8/h8H,2-7H2,1H3;1-2H2,(H,5,6)(H,7,8). The van der Waals surface area contributed by atoms with Gasteiger partial charge in [0.1, 0.15) is 0 Å². The Morgan fingerprint density at radius 3 is 1.63 bits per heavy atom. The molecule has 0 saturated carbocycles. The molecule has 8 heteroatoms. The van der Waals surface area contributed by atoms with Gasteiger partial charge in [0.15, 0.2) is 0 Å². The number of ether oxygens (including phenoxy) is 3. The van der Waals surface area contributed by atoms with Crippen molar-refractivity contribution in [3.8, 4) is 0 Å². The molecule has 3 N–H and O–H groups in total. The first-order valence-electron chi connectivity index (χ1n) is 5.73. The van der Waals surface area contributed by atoms with Crippen LogP contribution in [-0.2, 0) is 23.8 Å². The van der Waals surface area contributed by atoms with Crippen molar-refractivity contribution < 1.29 is 39.1 Å². The number of methoxy groups -OCH3 is 1. The third kappa shape index (κ3) is 26.4. The van der Waals surface area contributed by atoms with Crippen molar-refractivity contribution in [2.24, 2.45) is 0 Å². The lowest BCUT2D eigenvalue weighted by Gasteiger charge is -2.03. The summed E-state index contributed by atoms with van der Waals surface area (Å²) in [7, 11) is 1.63. The van der Waals surface area contributed by atoms with Gasteiger partial charge in [0.25, 0.3) is 0 Å². The predicted molar refractivity (Wildman–Crippen MR) is 65.1 cm³/mol. The molecule has 0 bridgehead atoms. The maximum atomic E-state index is 9.64. The SMILES string of the molecule is COCCOCCOCCO.O=C(O)CCC(=O)O. The minimum absolute atomic E-state index is 0.0675. The zero-order valence-corrected chi connectivity index (χ0v) is 11.0. The van der Waals surface area contributed by atoms with Crippen LogP contribution in [0.1, 0.15) is 12.8 Å². The molecule has 8 nitrogen and oxygen atoms in total. The minimum atomic E-state index is -1.08. The van der Waals surface area contributed by atoms with Gasteiger partial charge in [-0.1, -0.05) is 0 Å². The zero-order chi connectivity index (χ0) is 14.9. The third-order valence-corrected chi connectivity index (χ3v) is 1.59. The van der Waals surface area contributed by atoms with Gasteiger partial charge >= 0.3 is 11.9 Å². The van der Waals surface area contributed by atoms with Crippen LogP contribution < -0.4 is 0 Å². The largest absolute Gasteiger partial charge is 0.481 e. The van der Waals surface area contributed by atoms with Crippen LogP contribution in [-0.4, -0.2) is 74.0 Å². The number of hydrogen-bond donors (Lipinski definition) is 3. The lowest BCUT2D eigenvalue weighted by Crippen LogP contribution is -2.09. The molecule has 0 spiro atoms. The van der Waals surface area contributed by atoms with Crippen molar-refractivity contribution in [2.45, 2.75) is 12.8 Å². The average Bonchev–Trinajstić information content (AvgIpc) is 2.36. The number of carboxylic acids is 2. The van der Waals surface area contributed by atoms with Gasteiger partial charge < -0.3 is 29.5 Å². The molecular weight excluding hydrogens is 260 g/mol. The summed E-state index contributed by atoms with van der Waals surface area (Å²) in [4.78, 5) is 19.3. The Morgan fingerprint density at radius 2 is 1.26 bits per heavy atom. The molecule has 0 saturated heterocycles. The Kier molecular flexibility index (Phi) is 17.8. The highest BCUT2D eigenvalue weighted by Gasteiger charge is 2.00. The quantitative estimate of drug-likeness (QED) is 0.437. The summed E-state index contributed by atoms with van der Waals surface area (Å²) in [6.07, 6.45) is -0.593. The predicted octanol–water partition coefficient (Wildman–Crippen LogP) is -0.406. The number of aliphatic hydroxyl groups is 1. The maximum absolute atomic E-state index is 9.64. The van der Waals surface area contributed by atoms with Crippen LogP contribution in [0.15, 0.2) is 0 Å². The summed E-state index contributed by atoms with van der Waals surface area (Å²) < 4.78 is 14.8. The zero-order valence-electron chi connectivity index (χ0n) is 11.0. The topological polar surface area (TPSA) is 123 Å². The highest BCUT2D eigenvalue weighted by Crippen LogP contribution is 1.86. The first-order valence-corrected chi connectivity index (χ1v) is 5.73. The highest BCUT2D eigenvalue weighted by molar-refractivity contribution is 5.75. The molecule has 114 valence electrons. The molecule has 19 heavy (non-hydrogen) atoms. The van der Waals surface area contributed by atoms with Crippen LogP contribution in [0.2, 0.25) is 0 Å². The van der Waals surface area contributed by atoms with E-state index in [9.17, 15) is 9.59 Å². The molecule has 0 aromatic rings. The molecule has 0 aromatic heterocycles. The van der Waals surface area contributed by atoms with E-state index in [-0.39, 0.29) is 19.4 Å². The van der Waals surface area contributed by atoms with E-state index >= 15 is 0 Å². The molecular formula is C11H22O8. The van der Waals surface area contributed by atoms with E-state index in [1.165, 1.54) is 0 Å². The van der Waals surface area contributed by atoms with Crippen molar-refractivity contribution in [3.63, 3.8) is 0 Å². The Hall–Kier alpha value is -1.22. The van der Waals surface area contributed by atoms with Gasteiger partial charge in [0.05, 0.1) is 52.5 Å². The van der Waals surface area contributed by atoms with Crippen LogP contribution >= 0.6 is 0 Å². The first kappa shape index (κ1) is 20.1. The fourth-order valence-electron chi connectivity index (χ4n) is 0.743. The van der Waals surface area contributed by atoms with E-state index in [0.29, 0.717) is 33.0 Å². The Bertz CT molecular complexity index is 197. The van der Waals surface area contributed by atoms with E-state index in [1.807, 2.05) is 0 Å². The van der Waals surface area contributed by atoms with E-state index in [0.717, 1.165) is 0 Å². The van der Waals surface area contributed by atoms with Crippen LogP contribution in [0.25, 0.3) is 0 Å². The Balaban J connectivity index is 0. The second kappa shape index (κ2) is 16.8. The van der Waals surface area contributed by atoms with Gasteiger partial charge in [-0.25, -0.2) is 0 Å². The molecule has 0 atom stereocenters. The van der Waals surface area contributed by atoms with Gasteiger partial charge in [-0.2, -0.15) is 0 Å². The van der Waals surface area contributed by atoms with Gasteiger partial charge in [0.2, 0.25) is 0 Å². The summed E-state index contributed by atoms with van der Waals surface area (Å²) in [6.45, 7) is 2.75. The summed E-state index contributed by atoms with van der Waals surface area (Å²) in [5.41, 5.74) is 0. The van der Waals surface area contributed by atoms with Crippen molar-refractivity contribution >= 4 is 11.9 Å². The molecule has 0 aliphatic rings. The fraction of sp³-hybridized carbons (Fsp3) is 0.818. The van der Waals surface area contributed by atoms with Gasteiger partial charge in [-0.05, 0) is 0 Å². The van der Waals surface area contributed by atoms with Crippen LogP contribution in [0, 0.1) is 0 Å². The second-order valence-corrected chi connectivity index (χ2v) is 3.23. The molecule has 0 unspecified atom stereocenters. The second-order valence-electron chi connectivity index (χ2n) is 3.23. The molecule has 0 aromatic carbocycles. The normalized spacial score (nSPS) is 9.58. The van der Waals surface area contributed by atoms with Crippen LogP contribution in [0.5, 0.6) is 0 Å². The van der Waals surface area contributed by atoms with Gasteiger partial charge in [0, 0.05) is 7.11 Å². The number of aliphatic hydroxyl groups excluding tert-OH is 1. The number of rotatable bonds is 11. The molecule has 0 radical (unpaired) electrons. The Morgan fingerprint density at radius 1 is 0.842 bits per heavy atom. The van der Waals surface area contributed by atoms with Gasteiger partial charge in [-0.3, -0.25) is 9.59 Å². The number of carbonyl (C=O) groups is 2. The number of aliphatic carboxylic acids is 2. The average molecular weight is 282 g/mol. The molecule has 0 fully saturated rings. The van der Waals surface area contributed by atoms with Crippen molar-refractivity contribution in [3.05, 3.63) is 0 Å².